The molecule has 0 radical (unpaired) electrons. The number of rotatable bonds is 5. The van der Waals surface area contributed by atoms with Crippen molar-refractivity contribution >= 4 is 29.2 Å². The molecule has 1 amide bonds. The van der Waals surface area contributed by atoms with Crippen molar-refractivity contribution in [3.8, 4) is 5.75 Å². The lowest BCUT2D eigenvalue weighted by Gasteiger charge is -2.14. The van der Waals surface area contributed by atoms with Crippen molar-refractivity contribution in [2.75, 3.05) is 20.3 Å². The summed E-state index contributed by atoms with van der Waals surface area (Å²) in [5, 5.41) is 6.14. The van der Waals surface area contributed by atoms with E-state index in [2.05, 4.69) is 5.10 Å². The number of hydrazone groups is 1. The van der Waals surface area contributed by atoms with Gasteiger partial charge in [0.05, 0.1) is 19.4 Å². The third kappa shape index (κ3) is 4.03. The molecular weight excluding hydrogens is 356 g/mol. The highest BCUT2D eigenvalue weighted by molar-refractivity contribution is 6.30. The van der Waals surface area contributed by atoms with E-state index < -0.39 is 5.97 Å². The Balaban J connectivity index is 1.68. The van der Waals surface area contributed by atoms with Crippen LogP contribution in [-0.2, 0) is 9.53 Å². The van der Waals surface area contributed by atoms with Crippen LogP contribution in [0.25, 0.3) is 0 Å². The third-order valence-corrected chi connectivity index (χ3v) is 4.13. The number of hydrogen-bond acceptors (Lipinski definition) is 5. The summed E-state index contributed by atoms with van der Waals surface area (Å²) in [5.74, 6) is -0.662. The van der Waals surface area contributed by atoms with Crippen molar-refractivity contribution in [3.63, 3.8) is 0 Å². The highest BCUT2D eigenvalue weighted by Crippen LogP contribution is 2.24. The Morgan fingerprint density at radius 2 is 1.96 bits per heavy atom. The summed E-state index contributed by atoms with van der Waals surface area (Å²) >= 11 is 5.94. The Morgan fingerprint density at radius 3 is 2.69 bits per heavy atom. The zero-order valence-electron chi connectivity index (χ0n) is 14.1. The number of halogens is 1. The standard InChI is InChI=1S/C19H17ClN2O4/c1-25-19(24)15-8-7-14(20)11-17(15)26-12-18(23)22-10-9-16(21-22)13-5-3-2-4-6-13/h2-8,11H,9-10,12H2,1H3. The zero-order chi connectivity index (χ0) is 18.5. The van der Waals surface area contributed by atoms with Crippen LogP contribution in [0.15, 0.2) is 53.6 Å². The summed E-state index contributed by atoms with van der Waals surface area (Å²) in [7, 11) is 1.27. The van der Waals surface area contributed by atoms with Gasteiger partial charge in [-0.05, 0) is 23.8 Å². The third-order valence-electron chi connectivity index (χ3n) is 3.90. The second-order valence-electron chi connectivity index (χ2n) is 5.60. The second-order valence-corrected chi connectivity index (χ2v) is 6.04. The number of ether oxygens (including phenoxy) is 2. The summed E-state index contributed by atoms with van der Waals surface area (Å²) in [4.78, 5) is 24.2. The maximum absolute atomic E-state index is 12.4. The highest BCUT2D eigenvalue weighted by atomic mass is 35.5. The zero-order valence-corrected chi connectivity index (χ0v) is 14.9. The quantitative estimate of drug-likeness (QED) is 0.756. The number of amides is 1. The van der Waals surface area contributed by atoms with Gasteiger partial charge in [-0.15, -0.1) is 0 Å². The lowest BCUT2D eigenvalue weighted by Crippen LogP contribution is -2.29. The monoisotopic (exact) mass is 372 g/mol. The highest BCUT2D eigenvalue weighted by Gasteiger charge is 2.23. The number of carbonyl (C=O) groups is 2. The number of hydrogen-bond donors (Lipinski definition) is 0. The van der Waals surface area contributed by atoms with Crippen LogP contribution in [-0.4, -0.2) is 42.9 Å². The van der Waals surface area contributed by atoms with Crippen molar-refractivity contribution in [3.05, 3.63) is 64.7 Å². The van der Waals surface area contributed by atoms with E-state index in [4.69, 9.17) is 21.1 Å². The molecule has 0 aliphatic carbocycles. The molecule has 1 aliphatic rings. The lowest BCUT2D eigenvalue weighted by molar-refractivity contribution is -0.132. The first kappa shape index (κ1) is 17.9. The normalized spacial score (nSPS) is 13.3. The number of methoxy groups -OCH3 is 1. The molecule has 2 aromatic carbocycles. The summed E-state index contributed by atoms with van der Waals surface area (Å²) in [6, 6.07) is 14.2. The Hall–Kier alpha value is -2.86. The van der Waals surface area contributed by atoms with E-state index in [-0.39, 0.29) is 23.8 Å². The molecule has 7 heteroatoms. The fourth-order valence-electron chi connectivity index (χ4n) is 2.58. The fraction of sp³-hybridized carbons (Fsp3) is 0.211. The SMILES string of the molecule is COC(=O)c1ccc(Cl)cc1OCC(=O)N1CCC(c2ccccc2)=N1. The summed E-state index contributed by atoms with van der Waals surface area (Å²) < 4.78 is 10.2. The summed E-state index contributed by atoms with van der Waals surface area (Å²) in [6.45, 7) is 0.238. The largest absolute Gasteiger partial charge is 0.483 e. The molecule has 6 nitrogen and oxygen atoms in total. The molecule has 1 heterocycles. The van der Waals surface area contributed by atoms with E-state index in [9.17, 15) is 9.59 Å². The van der Waals surface area contributed by atoms with Gasteiger partial charge in [0.1, 0.15) is 11.3 Å². The number of esters is 1. The first-order valence-electron chi connectivity index (χ1n) is 8.02. The molecule has 134 valence electrons. The fourth-order valence-corrected chi connectivity index (χ4v) is 2.74. The van der Waals surface area contributed by atoms with Crippen LogP contribution in [0.3, 0.4) is 0 Å². The maximum Gasteiger partial charge on any atom is 0.341 e. The first-order chi connectivity index (χ1) is 12.6. The van der Waals surface area contributed by atoms with Gasteiger partial charge in [0.25, 0.3) is 5.91 Å². The molecule has 0 saturated carbocycles. The molecule has 3 rings (SSSR count). The van der Waals surface area contributed by atoms with Crippen molar-refractivity contribution < 1.29 is 19.1 Å². The van der Waals surface area contributed by atoms with E-state index >= 15 is 0 Å². The van der Waals surface area contributed by atoms with Crippen molar-refractivity contribution in [1.29, 1.82) is 0 Å². The topological polar surface area (TPSA) is 68.2 Å². The van der Waals surface area contributed by atoms with E-state index in [1.54, 1.807) is 6.07 Å². The van der Waals surface area contributed by atoms with Gasteiger partial charge in [-0.1, -0.05) is 41.9 Å². The van der Waals surface area contributed by atoms with Gasteiger partial charge in [0.2, 0.25) is 0 Å². The van der Waals surface area contributed by atoms with Crippen LogP contribution in [0.5, 0.6) is 5.75 Å². The molecule has 0 bridgehead atoms. The minimum absolute atomic E-state index is 0.198. The average Bonchev–Trinajstić information content (AvgIpc) is 3.16. The minimum Gasteiger partial charge on any atom is -0.483 e. The molecular formula is C19H17ClN2O4. The van der Waals surface area contributed by atoms with E-state index in [0.29, 0.717) is 18.0 Å². The molecule has 0 N–H and O–H groups in total. The van der Waals surface area contributed by atoms with Crippen molar-refractivity contribution in [1.82, 2.24) is 5.01 Å². The van der Waals surface area contributed by atoms with Gasteiger partial charge >= 0.3 is 5.97 Å². The molecule has 26 heavy (non-hydrogen) atoms. The molecule has 0 aromatic heterocycles. The molecule has 0 unspecified atom stereocenters. The maximum atomic E-state index is 12.4. The number of benzene rings is 2. The van der Waals surface area contributed by atoms with Gasteiger partial charge in [-0.3, -0.25) is 4.79 Å². The van der Waals surface area contributed by atoms with Crippen LogP contribution < -0.4 is 4.74 Å². The molecule has 0 spiro atoms. The molecule has 2 aromatic rings. The van der Waals surface area contributed by atoms with Crippen molar-refractivity contribution in [2.24, 2.45) is 5.10 Å². The van der Waals surface area contributed by atoms with E-state index in [0.717, 1.165) is 11.3 Å². The lowest BCUT2D eigenvalue weighted by atomic mass is 10.1. The molecule has 0 fully saturated rings. The van der Waals surface area contributed by atoms with Crippen LogP contribution in [0.2, 0.25) is 5.02 Å². The minimum atomic E-state index is -0.560. The number of nitrogens with zero attached hydrogens (tertiary/aromatic N) is 2. The van der Waals surface area contributed by atoms with Gasteiger partial charge in [-0.25, -0.2) is 9.80 Å². The smallest absolute Gasteiger partial charge is 0.341 e. The summed E-state index contributed by atoms with van der Waals surface area (Å²) in [5.41, 5.74) is 2.06. The summed E-state index contributed by atoms with van der Waals surface area (Å²) in [6.07, 6.45) is 0.681. The van der Waals surface area contributed by atoms with Gasteiger partial charge < -0.3 is 9.47 Å². The van der Waals surface area contributed by atoms with Gasteiger partial charge in [0.15, 0.2) is 6.61 Å². The average molecular weight is 373 g/mol. The Bertz CT molecular complexity index is 852. The van der Waals surface area contributed by atoms with Crippen LogP contribution in [0, 0.1) is 0 Å². The van der Waals surface area contributed by atoms with Gasteiger partial charge in [0, 0.05) is 11.4 Å². The predicted molar refractivity (Wildman–Crippen MR) is 97.6 cm³/mol. The van der Waals surface area contributed by atoms with Crippen molar-refractivity contribution in [2.45, 2.75) is 6.42 Å². The Kier molecular flexibility index (Phi) is 5.53. The molecule has 0 saturated heterocycles. The van der Waals surface area contributed by atoms with Crippen LogP contribution >= 0.6 is 11.6 Å². The van der Waals surface area contributed by atoms with Gasteiger partial charge in [-0.2, -0.15) is 5.10 Å². The van der Waals surface area contributed by atoms with Crippen LogP contribution in [0.4, 0.5) is 0 Å². The first-order valence-corrected chi connectivity index (χ1v) is 8.40. The molecule has 0 atom stereocenters. The molecule has 1 aliphatic heterocycles. The second kappa shape index (κ2) is 8.01. The number of carbonyl (C=O) groups excluding carboxylic acids is 2. The van der Waals surface area contributed by atoms with E-state index in [1.807, 2.05) is 30.3 Å². The Labute approximate surface area is 156 Å². The van der Waals surface area contributed by atoms with Crippen LogP contribution in [0.1, 0.15) is 22.3 Å². The Morgan fingerprint density at radius 1 is 1.19 bits per heavy atom. The van der Waals surface area contributed by atoms with E-state index in [1.165, 1.54) is 24.3 Å². The predicted octanol–water partition coefficient (Wildman–Crippen LogP) is 3.14.